The van der Waals surface area contributed by atoms with Gasteiger partial charge >= 0.3 is 5.97 Å². The molecular weight excluding hydrogens is 280 g/mol. The molecule has 0 amide bonds. The molecule has 0 aromatic heterocycles. The first-order valence-corrected chi connectivity index (χ1v) is 7.43. The molecule has 4 nitrogen and oxygen atoms in total. The Labute approximate surface area is 131 Å². The Hall–Kier alpha value is -1.97. The van der Waals surface area contributed by atoms with E-state index in [2.05, 4.69) is 4.74 Å². The van der Waals surface area contributed by atoms with E-state index in [0.29, 0.717) is 6.42 Å². The van der Waals surface area contributed by atoms with E-state index in [0.717, 1.165) is 5.56 Å². The Morgan fingerprint density at radius 1 is 1.09 bits per heavy atom. The summed E-state index contributed by atoms with van der Waals surface area (Å²) in [6.45, 7) is 5.33. The van der Waals surface area contributed by atoms with Gasteiger partial charge in [-0.2, -0.15) is 0 Å². The molecule has 22 heavy (non-hydrogen) atoms. The lowest BCUT2D eigenvalue weighted by molar-refractivity contribution is -0.152. The summed E-state index contributed by atoms with van der Waals surface area (Å²) in [6.07, 6.45) is 0.682. The van der Waals surface area contributed by atoms with E-state index in [4.69, 9.17) is 0 Å². The van der Waals surface area contributed by atoms with Gasteiger partial charge in [-0.15, -0.1) is 0 Å². The minimum absolute atomic E-state index is 0.0935. The van der Waals surface area contributed by atoms with Crippen LogP contribution in [0.5, 0.6) is 0 Å². The highest BCUT2D eigenvalue weighted by atomic mass is 16.5. The van der Waals surface area contributed by atoms with Crippen LogP contribution in [0.3, 0.4) is 0 Å². The van der Waals surface area contributed by atoms with Crippen molar-refractivity contribution in [2.24, 2.45) is 11.3 Å². The fourth-order valence-corrected chi connectivity index (χ4v) is 2.05. The molecule has 0 saturated carbocycles. The highest BCUT2D eigenvalue weighted by Gasteiger charge is 2.33. The van der Waals surface area contributed by atoms with Crippen LogP contribution in [0, 0.1) is 11.3 Å². The molecule has 1 aromatic carbocycles. The zero-order chi connectivity index (χ0) is 16.8. The lowest BCUT2D eigenvalue weighted by atomic mass is 9.83. The quantitative estimate of drug-likeness (QED) is 0.574. The number of benzene rings is 1. The minimum Gasteiger partial charge on any atom is -0.468 e. The molecule has 120 valence electrons. The Bertz CT molecular complexity index is 526. The highest BCUT2D eigenvalue weighted by molar-refractivity contribution is 6.03. The summed E-state index contributed by atoms with van der Waals surface area (Å²) < 4.78 is 4.69. The maximum Gasteiger partial charge on any atom is 0.316 e. The van der Waals surface area contributed by atoms with Gasteiger partial charge in [0.05, 0.1) is 7.11 Å². The van der Waals surface area contributed by atoms with Crippen LogP contribution < -0.4 is 0 Å². The van der Waals surface area contributed by atoms with E-state index in [-0.39, 0.29) is 24.4 Å². The summed E-state index contributed by atoms with van der Waals surface area (Å²) >= 11 is 0. The number of carbonyl (C=O) groups excluding carboxylic acids is 3. The standard InChI is InChI=1S/C18H24O4/c1-18(2,3)16(20)12-14(17(21)22-4)15(19)11-10-13-8-6-5-7-9-13/h5-9,14H,10-12H2,1-4H3. The molecule has 0 bridgehead atoms. The molecule has 0 saturated heterocycles. The highest BCUT2D eigenvalue weighted by Crippen LogP contribution is 2.22. The molecule has 0 aliphatic carbocycles. The summed E-state index contributed by atoms with van der Waals surface area (Å²) in [4.78, 5) is 36.3. The second-order valence-corrected chi connectivity index (χ2v) is 6.40. The summed E-state index contributed by atoms with van der Waals surface area (Å²) in [7, 11) is 1.24. The van der Waals surface area contributed by atoms with Crippen molar-refractivity contribution in [1.82, 2.24) is 0 Å². The molecule has 1 unspecified atom stereocenters. The van der Waals surface area contributed by atoms with Crippen molar-refractivity contribution in [2.75, 3.05) is 7.11 Å². The maximum atomic E-state index is 12.3. The fraction of sp³-hybridized carbons (Fsp3) is 0.500. The topological polar surface area (TPSA) is 60.4 Å². The third-order valence-electron chi connectivity index (χ3n) is 3.60. The van der Waals surface area contributed by atoms with Crippen LogP contribution in [-0.2, 0) is 25.5 Å². The Kier molecular flexibility index (Phi) is 6.47. The van der Waals surface area contributed by atoms with Crippen LogP contribution in [-0.4, -0.2) is 24.6 Å². The fourth-order valence-electron chi connectivity index (χ4n) is 2.05. The van der Waals surface area contributed by atoms with E-state index >= 15 is 0 Å². The second kappa shape index (κ2) is 7.87. The van der Waals surface area contributed by atoms with Gasteiger partial charge < -0.3 is 4.74 Å². The number of methoxy groups -OCH3 is 1. The van der Waals surface area contributed by atoms with Crippen LogP contribution in [0.2, 0.25) is 0 Å². The molecule has 0 fully saturated rings. The van der Waals surface area contributed by atoms with E-state index < -0.39 is 17.3 Å². The molecule has 0 heterocycles. The predicted octanol–water partition coefficient (Wildman–Crippen LogP) is 2.98. The SMILES string of the molecule is COC(=O)C(CC(=O)C(C)(C)C)C(=O)CCc1ccccc1. The first kappa shape index (κ1) is 18.1. The Balaban J connectivity index is 2.73. The van der Waals surface area contributed by atoms with Crippen LogP contribution in [0.15, 0.2) is 30.3 Å². The Morgan fingerprint density at radius 2 is 1.68 bits per heavy atom. The molecule has 0 N–H and O–H groups in total. The third-order valence-corrected chi connectivity index (χ3v) is 3.60. The smallest absolute Gasteiger partial charge is 0.316 e. The van der Waals surface area contributed by atoms with Crippen molar-refractivity contribution in [3.8, 4) is 0 Å². The van der Waals surface area contributed by atoms with Crippen LogP contribution in [0.4, 0.5) is 0 Å². The molecule has 0 spiro atoms. The summed E-state index contributed by atoms with van der Waals surface area (Å²) in [6, 6.07) is 9.58. The largest absolute Gasteiger partial charge is 0.468 e. The van der Waals surface area contributed by atoms with Gasteiger partial charge in [0, 0.05) is 18.3 Å². The molecule has 0 aliphatic rings. The third kappa shape index (κ3) is 5.43. The Morgan fingerprint density at radius 3 is 2.18 bits per heavy atom. The molecular formula is C18H24O4. The molecule has 1 aromatic rings. The van der Waals surface area contributed by atoms with Crippen molar-refractivity contribution in [3.63, 3.8) is 0 Å². The zero-order valence-electron chi connectivity index (χ0n) is 13.7. The van der Waals surface area contributed by atoms with Crippen molar-refractivity contribution in [1.29, 1.82) is 0 Å². The first-order chi connectivity index (χ1) is 10.3. The molecule has 1 rings (SSSR count). The van der Waals surface area contributed by atoms with Crippen molar-refractivity contribution < 1.29 is 19.1 Å². The number of aryl methyl sites for hydroxylation is 1. The predicted molar refractivity (Wildman–Crippen MR) is 84.4 cm³/mol. The van der Waals surface area contributed by atoms with Gasteiger partial charge in [-0.25, -0.2) is 0 Å². The molecule has 0 radical (unpaired) electrons. The maximum absolute atomic E-state index is 12.3. The number of hydrogen-bond donors (Lipinski definition) is 0. The van der Waals surface area contributed by atoms with Gasteiger partial charge in [0.15, 0.2) is 0 Å². The second-order valence-electron chi connectivity index (χ2n) is 6.40. The van der Waals surface area contributed by atoms with Gasteiger partial charge in [-0.1, -0.05) is 51.1 Å². The van der Waals surface area contributed by atoms with Gasteiger partial charge in [-0.3, -0.25) is 14.4 Å². The van der Waals surface area contributed by atoms with Crippen molar-refractivity contribution in [2.45, 2.75) is 40.0 Å². The molecule has 1 atom stereocenters. The van der Waals surface area contributed by atoms with E-state index in [1.54, 1.807) is 20.8 Å². The first-order valence-electron chi connectivity index (χ1n) is 7.43. The minimum atomic E-state index is -1.000. The van der Waals surface area contributed by atoms with Gasteiger partial charge in [-0.05, 0) is 12.0 Å². The van der Waals surface area contributed by atoms with Gasteiger partial charge in [0.1, 0.15) is 17.5 Å². The number of ether oxygens (including phenoxy) is 1. The average molecular weight is 304 g/mol. The van der Waals surface area contributed by atoms with E-state index in [1.165, 1.54) is 7.11 Å². The number of esters is 1. The number of carbonyl (C=O) groups is 3. The van der Waals surface area contributed by atoms with Crippen molar-refractivity contribution >= 4 is 17.5 Å². The molecule has 0 aliphatic heterocycles. The number of ketones is 2. The normalized spacial score (nSPS) is 12.5. The number of Topliss-reactive ketones (excluding diaryl/α,β-unsaturated/α-hetero) is 2. The summed E-state index contributed by atoms with van der Waals surface area (Å²) in [5.74, 6) is -1.99. The lowest BCUT2D eigenvalue weighted by Gasteiger charge is -2.20. The van der Waals surface area contributed by atoms with Crippen LogP contribution in [0.1, 0.15) is 39.2 Å². The van der Waals surface area contributed by atoms with Crippen molar-refractivity contribution in [3.05, 3.63) is 35.9 Å². The van der Waals surface area contributed by atoms with Gasteiger partial charge in [0.2, 0.25) is 0 Å². The monoisotopic (exact) mass is 304 g/mol. The van der Waals surface area contributed by atoms with Gasteiger partial charge in [0.25, 0.3) is 0 Å². The van der Waals surface area contributed by atoms with Crippen LogP contribution in [0.25, 0.3) is 0 Å². The molecule has 4 heteroatoms. The van der Waals surface area contributed by atoms with E-state index in [1.807, 2.05) is 30.3 Å². The summed E-state index contributed by atoms with van der Waals surface area (Å²) in [5, 5.41) is 0. The number of rotatable bonds is 7. The number of hydrogen-bond acceptors (Lipinski definition) is 4. The van der Waals surface area contributed by atoms with E-state index in [9.17, 15) is 14.4 Å². The zero-order valence-corrected chi connectivity index (χ0v) is 13.7. The lowest BCUT2D eigenvalue weighted by Crippen LogP contribution is -2.32. The summed E-state index contributed by atoms with van der Waals surface area (Å²) in [5.41, 5.74) is 0.452. The average Bonchev–Trinajstić information content (AvgIpc) is 2.49. The van der Waals surface area contributed by atoms with Crippen LogP contribution >= 0.6 is 0 Å².